The number of para-hydroxylation sites is 2. The van der Waals surface area contributed by atoms with Crippen molar-refractivity contribution in [2.24, 2.45) is 7.05 Å². The Morgan fingerprint density at radius 3 is 2.68 bits per heavy atom. The molecule has 2 N–H and O–H groups in total. The highest BCUT2D eigenvalue weighted by atomic mass is 16.3. The molecule has 0 aliphatic heterocycles. The summed E-state index contributed by atoms with van der Waals surface area (Å²) in [7, 11) is 2.05. The zero-order valence-electron chi connectivity index (χ0n) is 13.0. The maximum Gasteiger partial charge on any atom is 0.126 e. The van der Waals surface area contributed by atoms with Gasteiger partial charge in [0.05, 0.1) is 23.7 Å². The molecular formula is C18H21N3O. The minimum atomic E-state index is 0.0775. The Morgan fingerprint density at radius 1 is 1.14 bits per heavy atom. The van der Waals surface area contributed by atoms with E-state index in [2.05, 4.69) is 36.0 Å². The number of aryl methyl sites for hydroxylation is 1. The summed E-state index contributed by atoms with van der Waals surface area (Å²) in [4.78, 5) is 4.72. The molecule has 0 unspecified atom stereocenters. The number of nitrogens with one attached hydrogen (secondary N) is 1. The van der Waals surface area contributed by atoms with Gasteiger partial charge in [0, 0.05) is 13.6 Å². The largest absolute Gasteiger partial charge is 0.392 e. The molecule has 4 nitrogen and oxygen atoms in total. The van der Waals surface area contributed by atoms with E-state index in [1.165, 1.54) is 0 Å². The standard InChI is InChI=1S/C18H21N3O/c1-13(19-11-14-6-5-7-15(10-14)12-22)18-20-16-8-3-4-9-17(16)21(18)2/h3-10,13,19,22H,11-12H2,1-2H3/t13-/m0/s1. The van der Waals surface area contributed by atoms with Crippen LogP contribution in [-0.2, 0) is 20.2 Å². The second kappa shape index (κ2) is 6.30. The number of aliphatic hydroxyl groups is 1. The van der Waals surface area contributed by atoms with Gasteiger partial charge in [0.25, 0.3) is 0 Å². The van der Waals surface area contributed by atoms with Crippen molar-refractivity contribution in [3.05, 3.63) is 65.5 Å². The van der Waals surface area contributed by atoms with Gasteiger partial charge in [0.2, 0.25) is 0 Å². The molecule has 0 radical (unpaired) electrons. The topological polar surface area (TPSA) is 50.1 Å². The van der Waals surface area contributed by atoms with Crippen LogP contribution in [0, 0.1) is 0 Å². The maximum atomic E-state index is 9.20. The van der Waals surface area contributed by atoms with Crippen molar-refractivity contribution in [2.45, 2.75) is 26.1 Å². The number of hydrogen-bond donors (Lipinski definition) is 2. The first-order valence-electron chi connectivity index (χ1n) is 7.52. The number of nitrogens with zero attached hydrogens (tertiary/aromatic N) is 2. The highest BCUT2D eigenvalue weighted by Crippen LogP contribution is 2.19. The van der Waals surface area contributed by atoms with Crippen molar-refractivity contribution < 1.29 is 5.11 Å². The number of benzene rings is 2. The average Bonchev–Trinajstić information content (AvgIpc) is 2.90. The van der Waals surface area contributed by atoms with Gasteiger partial charge in [0.1, 0.15) is 5.82 Å². The Labute approximate surface area is 130 Å². The minimum absolute atomic E-state index is 0.0775. The molecule has 22 heavy (non-hydrogen) atoms. The van der Waals surface area contributed by atoms with Gasteiger partial charge in [-0.3, -0.25) is 0 Å². The second-order valence-corrected chi connectivity index (χ2v) is 5.60. The summed E-state index contributed by atoms with van der Waals surface area (Å²) >= 11 is 0. The molecule has 0 saturated carbocycles. The number of hydrogen-bond acceptors (Lipinski definition) is 3. The molecule has 0 fully saturated rings. The average molecular weight is 295 g/mol. The lowest BCUT2D eigenvalue weighted by atomic mass is 10.1. The molecule has 0 saturated heterocycles. The maximum absolute atomic E-state index is 9.20. The smallest absolute Gasteiger partial charge is 0.126 e. The molecule has 0 aliphatic carbocycles. The quantitative estimate of drug-likeness (QED) is 0.761. The van der Waals surface area contributed by atoms with Crippen LogP contribution in [0.25, 0.3) is 11.0 Å². The first-order chi connectivity index (χ1) is 10.7. The molecule has 0 amide bonds. The number of imidazole rings is 1. The predicted molar refractivity (Wildman–Crippen MR) is 88.3 cm³/mol. The molecule has 0 aliphatic rings. The fourth-order valence-electron chi connectivity index (χ4n) is 2.75. The molecule has 2 aromatic carbocycles. The zero-order valence-corrected chi connectivity index (χ0v) is 13.0. The third kappa shape index (κ3) is 2.89. The summed E-state index contributed by atoms with van der Waals surface area (Å²) in [6.45, 7) is 2.95. The van der Waals surface area contributed by atoms with Crippen LogP contribution in [0.15, 0.2) is 48.5 Å². The minimum Gasteiger partial charge on any atom is -0.392 e. The van der Waals surface area contributed by atoms with Gasteiger partial charge in [-0.25, -0.2) is 4.98 Å². The molecule has 114 valence electrons. The fourth-order valence-corrected chi connectivity index (χ4v) is 2.75. The number of aromatic nitrogens is 2. The van der Waals surface area contributed by atoms with Crippen LogP contribution >= 0.6 is 0 Å². The Balaban J connectivity index is 1.75. The molecule has 3 rings (SSSR count). The van der Waals surface area contributed by atoms with Crippen LogP contribution in [-0.4, -0.2) is 14.7 Å². The molecule has 0 spiro atoms. The Kier molecular flexibility index (Phi) is 4.22. The van der Waals surface area contributed by atoms with Crippen LogP contribution in [0.5, 0.6) is 0 Å². The highest BCUT2D eigenvalue weighted by molar-refractivity contribution is 5.75. The normalized spacial score (nSPS) is 12.7. The van der Waals surface area contributed by atoms with Gasteiger partial charge in [-0.05, 0) is 30.2 Å². The van der Waals surface area contributed by atoms with Gasteiger partial charge < -0.3 is 15.0 Å². The van der Waals surface area contributed by atoms with Crippen LogP contribution < -0.4 is 5.32 Å². The van der Waals surface area contributed by atoms with Crippen molar-refractivity contribution in [3.8, 4) is 0 Å². The van der Waals surface area contributed by atoms with E-state index in [0.29, 0.717) is 0 Å². The van der Waals surface area contributed by atoms with E-state index in [4.69, 9.17) is 4.98 Å². The van der Waals surface area contributed by atoms with Crippen LogP contribution in [0.3, 0.4) is 0 Å². The Bertz CT molecular complexity index is 779. The molecule has 1 atom stereocenters. The lowest BCUT2D eigenvalue weighted by molar-refractivity contribution is 0.281. The lowest BCUT2D eigenvalue weighted by Gasteiger charge is -2.14. The summed E-state index contributed by atoms with van der Waals surface area (Å²) in [5.74, 6) is 1.03. The van der Waals surface area contributed by atoms with Gasteiger partial charge in [-0.2, -0.15) is 0 Å². The van der Waals surface area contributed by atoms with E-state index in [-0.39, 0.29) is 12.6 Å². The van der Waals surface area contributed by atoms with Crippen molar-refractivity contribution in [3.63, 3.8) is 0 Å². The fraction of sp³-hybridized carbons (Fsp3) is 0.278. The van der Waals surface area contributed by atoms with Gasteiger partial charge in [-0.1, -0.05) is 36.4 Å². The van der Waals surface area contributed by atoms with Gasteiger partial charge in [0.15, 0.2) is 0 Å². The summed E-state index contributed by atoms with van der Waals surface area (Å²) < 4.78 is 2.14. The SMILES string of the molecule is C[C@H](NCc1cccc(CO)c1)c1nc2ccccc2n1C. The van der Waals surface area contributed by atoms with Crippen LogP contribution in [0.1, 0.15) is 29.9 Å². The van der Waals surface area contributed by atoms with Crippen molar-refractivity contribution >= 4 is 11.0 Å². The lowest BCUT2D eigenvalue weighted by Crippen LogP contribution is -2.21. The Morgan fingerprint density at radius 2 is 1.91 bits per heavy atom. The molecule has 4 heteroatoms. The van der Waals surface area contributed by atoms with Crippen molar-refractivity contribution in [1.29, 1.82) is 0 Å². The van der Waals surface area contributed by atoms with Crippen molar-refractivity contribution in [2.75, 3.05) is 0 Å². The summed E-state index contributed by atoms with van der Waals surface area (Å²) in [6, 6.07) is 16.3. The predicted octanol–water partition coefficient (Wildman–Crippen LogP) is 2.92. The molecule has 1 aromatic heterocycles. The first kappa shape index (κ1) is 14.8. The Hall–Kier alpha value is -2.17. The number of rotatable bonds is 5. The van der Waals surface area contributed by atoms with E-state index in [0.717, 1.165) is 34.5 Å². The number of aliphatic hydroxyl groups excluding tert-OH is 1. The van der Waals surface area contributed by atoms with Crippen LogP contribution in [0.4, 0.5) is 0 Å². The van der Waals surface area contributed by atoms with Gasteiger partial charge >= 0.3 is 0 Å². The van der Waals surface area contributed by atoms with Gasteiger partial charge in [-0.15, -0.1) is 0 Å². The first-order valence-corrected chi connectivity index (χ1v) is 7.52. The molecule has 3 aromatic rings. The van der Waals surface area contributed by atoms with E-state index in [9.17, 15) is 5.11 Å². The van der Waals surface area contributed by atoms with E-state index in [1.54, 1.807) is 0 Å². The zero-order chi connectivity index (χ0) is 15.5. The third-order valence-corrected chi connectivity index (χ3v) is 4.00. The summed E-state index contributed by atoms with van der Waals surface area (Å²) in [6.07, 6.45) is 0. The highest BCUT2D eigenvalue weighted by Gasteiger charge is 2.13. The van der Waals surface area contributed by atoms with E-state index in [1.807, 2.05) is 36.4 Å². The van der Waals surface area contributed by atoms with Crippen molar-refractivity contribution in [1.82, 2.24) is 14.9 Å². The monoisotopic (exact) mass is 295 g/mol. The number of fused-ring (bicyclic) bond motifs is 1. The summed E-state index contributed by atoms with van der Waals surface area (Å²) in [5, 5.41) is 12.7. The van der Waals surface area contributed by atoms with E-state index >= 15 is 0 Å². The molecule has 1 heterocycles. The molecule has 0 bridgehead atoms. The third-order valence-electron chi connectivity index (χ3n) is 4.00. The second-order valence-electron chi connectivity index (χ2n) is 5.60. The van der Waals surface area contributed by atoms with E-state index < -0.39 is 0 Å². The molecular weight excluding hydrogens is 274 g/mol. The summed E-state index contributed by atoms with van der Waals surface area (Å²) in [5.41, 5.74) is 4.27. The van der Waals surface area contributed by atoms with Crippen LogP contribution in [0.2, 0.25) is 0 Å².